The van der Waals surface area contributed by atoms with Crippen LogP contribution in [0.25, 0.3) is 0 Å². The van der Waals surface area contributed by atoms with Crippen LogP contribution in [-0.2, 0) is 4.79 Å². The minimum atomic E-state index is -0.294. The third kappa shape index (κ3) is 3.16. The first-order valence-electron chi connectivity index (χ1n) is 4.28. The lowest BCUT2D eigenvalue weighted by molar-refractivity contribution is -0.121. The first kappa shape index (κ1) is 11.3. The summed E-state index contributed by atoms with van der Waals surface area (Å²) in [6, 6.07) is -0.294. The van der Waals surface area contributed by atoms with Gasteiger partial charge in [-0.1, -0.05) is 11.6 Å². The van der Waals surface area contributed by atoms with Gasteiger partial charge in [-0.25, -0.2) is 4.98 Å². The number of likely N-dealkylation sites (N-methyl/N-ethyl adjacent to an activating group) is 1. The number of carbonyl (C=O) groups is 1. The molecule has 1 heterocycles. The van der Waals surface area contributed by atoms with Crippen molar-refractivity contribution >= 4 is 34.0 Å². The lowest BCUT2D eigenvalue weighted by Gasteiger charge is -2.11. The summed E-state index contributed by atoms with van der Waals surface area (Å²) in [5.74, 6) is -0.0428. The average Bonchev–Trinajstić information content (AvgIpc) is 2.51. The van der Waals surface area contributed by atoms with Crippen LogP contribution in [0.2, 0.25) is 5.15 Å². The van der Waals surface area contributed by atoms with Crippen LogP contribution in [0.4, 0.5) is 5.13 Å². The van der Waals surface area contributed by atoms with E-state index in [-0.39, 0.29) is 11.9 Å². The molecule has 1 aromatic rings. The molecule has 6 heteroatoms. The summed E-state index contributed by atoms with van der Waals surface area (Å²) in [4.78, 5) is 15.3. The maximum atomic E-state index is 11.3. The zero-order chi connectivity index (χ0) is 10.6. The zero-order valence-corrected chi connectivity index (χ0v) is 9.58. The Morgan fingerprint density at radius 1 is 1.79 bits per heavy atom. The van der Waals surface area contributed by atoms with Crippen molar-refractivity contribution < 1.29 is 4.79 Å². The van der Waals surface area contributed by atoms with E-state index in [2.05, 4.69) is 15.6 Å². The van der Waals surface area contributed by atoms with E-state index >= 15 is 0 Å². The summed E-state index contributed by atoms with van der Waals surface area (Å²) in [6.45, 7) is 4.29. The second kappa shape index (κ2) is 5.17. The van der Waals surface area contributed by atoms with Crippen molar-refractivity contribution in [3.05, 3.63) is 10.5 Å². The van der Waals surface area contributed by atoms with Crippen molar-refractivity contribution in [1.29, 1.82) is 0 Å². The molecule has 0 fully saturated rings. The summed E-state index contributed by atoms with van der Waals surface area (Å²) in [5.41, 5.74) is 0. The largest absolute Gasteiger partial charge is 0.355 e. The maximum Gasteiger partial charge on any atom is 0.242 e. The van der Waals surface area contributed by atoms with Gasteiger partial charge in [-0.3, -0.25) is 4.79 Å². The molecule has 2 N–H and O–H groups in total. The zero-order valence-electron chi connectivity index (χ0n) is 8.00. The van der Waals surface area contributed by atoms with Crippen LogP contribution in [0.1, 0.15) is 13.8 Å². The second-order valence-corrected chi connectivity index (χ2v) is 3.98. The highest BCUT2D eigenvalue weighted by Crippen LogP contribution is 2.19. The number of halogens is 1. The highest BCUT2D eigenvalue weighted by molar-refractivity contribution is 7.14. The number of amides is 1. The number of anilines is 1. The van der Waals surface area contributed by atoms with Gasteiger partial charge in [0.25, 0.3) is 0 Å². The third-order valence-corrected chi connectivity index (χ3v) is 2.66. The molecular weight excluding hydrogens is 222 g/mol. The second-order valence-electron chi connectivity index (χ2n) is 2.74. The number of hydrogen-bond donors (Lipinski definition) is 2. The number of thiazole rings is 1. The number of nitrogens with zero attached hydrogens (tertiary/aromatic N) is 1. The van der Waals surface area contributed by atoms with E-state index in [0.29, 0.717) is 16.8 Å². The summed E-state index contributed by atoms with van der Waals surface area (Å²) in [5, 5.41) is 8.50. The van der Waals surface area contributed by atoms with E-state index in [4.69, 9.17) is 11.6 Å². The van der Waals surface area contributed by atoms with Crippen LogP contribution >= 0.6 is 22.9 Å². The van der Waals surface area contributed by atoms with Crippen molar-refractivity contribution in [2.75, 3.05) is 11.9 Å². The Hall–Kier alpha value is -0.810. The van der Waals surface area contributed by atoms with Crippen molar-refractivity contribution in [1.82, 2.24) is 10.3 Å². The molecule has 14 heavy (non-hydrogen) atoms. The van der Waals surface area contributed by atoms with E-state index in [1.54, 1.807) is 12.3 Å². The van der Waals surface area contributed by atoms with E-state index in [1.807, 2.05) is 6.92 Å². The number of rotatable bonds is 4. The molecule has 1 unspecified atom stereocenters. The first-order valence-corrected chi connectivity index (χ1v) is 5.54. The molecule has 0 aromatic carbocycles. The van der Waals surface area contributed by atoms with Gasteiger partial charge < -0.3 is 10.6 Å². The Kier molecular flexibility index (Phi) is 4.16. The van der Waals surface area contributed by atoms with Crippen LogP contribution in [-0.4, -0.2) is 23.5 Å². The minimum Gasteiger partial charge on any atom is -0.355 e. The predicted octanol–water partition coefficient (Wildman–Crippen LogP) is 1.73. The van der Waals surface area contributed by atoms with Crippen LogP contribution in [0, 0.1) is 0 Å². The van der Waals surface area contributed by atoms with Gasteiger partial charge in [-0.05, 0) is 13.8 Å². The number of nitrogens with one attached hydrogen (secondary N) is 2. The van der Waals surface area contributed by atoms with Crippen LogP contribution in [0.3, 0.4) is 0 Å². The average molecular weight is 234 g/mol. The standard InChI is InChI=1S/C8H12ClN3OS/c1-3-10-7(13)5(2)11-8-12-6(9)4-14-8/h4-5H,3H2,1-2H3,(H,10,13)(H,11,12). The summed E-state index contributed by atoms with van der Waals surface area (Å²) in [6.07, 6.45) is 0. The van der Waals surface area contributed by atoms with Gasteiger partial charge in [0, 0.05) is 11.9 Å². The lowest BCUT2D eigenvalue weighted by Crippen LogP contribution is -2.37. The fourth-order valence-electron chi connectivity index (χ4n) is 0.899. The molecule has 0 spiro atoms. The Bertz CT molecular complexity index is 315. The summed E-state index contributed by atoms with van der Waals surface area (Å²) in [7, 11) is 0. The molecule has 0 aliphatic rings. The molecule has 1 aromatic heterocycles. The first-order chi connectivity index (χ1) is 6.63. The molecule has 0 saturated heterocycles. The molecule has 0 aliphatic heterocycles. The molecule has 1 amide bonds. The third-order valence-electron chi connectivity index (χ3n) is 1.56. The van der Waals surface area contributed by atoms with Crippen LogP contribution in [0.5, 0.6) is 0 Å². The van der Waals surface area contributed by atoms with Gasteiger partial charge in [0.15, 0.2) is 5.13 Å². The fraction of sp³-hybridized carbons (Fsp3) is 0.500. The van der Waals surface area contributed by atoms with Gasteiger partial charge in [-0.15, -0.1) is 11.3 Å². The topological polar surface area (TPSA) is 54.0 Å². The summed E-state index contributed by atoms with van der Waals surface area (Å²) >= 11 is 7.02. The Morgan fingerprint density at radius 2 is 2.50 bits per heavy atom. The number of carbonyl (C=O) groups excluding carboxylic acids is 1. The highest BCUT2D eigenvalue weighted by atomic mass is 35.5. The van der Waals surface area contributed by atoms with Gasteiger partial charge in [-0.2, -0.15) is 0 Å². The maximum absolute atomic E-state index is 11.3. The monoisotopic (exact) mass is 233 g/mol. The van der Waals surface area contributed by atoms with E-state index in [1.165, 1.54) is 11.3 Å². The Labute approximate surface area is 91.7 Å². The van der Waals surface area contributed by atoms with Gasteiger partial charge in [0.05, 0.1) is 0 Å². The van der Waals surface area contributed by atoms with Crippen LogP contribution in [0.15, 0.2) is 5.38 Å². The highest BCUT2D eigenvalue weighted by Gasteiger charge is 2.12. The van der Waals surface area contributed by atoms with Gasteiger partial charge in [0.1, 0.15) is 11.2 Å². The quantitative estimate of drug-likeness (QED) is 0.833. The predicted molar refractivity (Wildman–Crippen MR) is 58.9 cm³/mol. The normalized spacial score (nSPS) is 12.2. The SMILES string of the molecule is CCNC(=O)C(C)Nc1nc(Cl)cs1. The van der Waals surface area contributed by atoms with Crippen LogP contribution < -0.4 is 10.6 Å². The smallest absolute Gasteiger partial charge is 0.242 e. The Balaban J connectivity index is 2.48. The van der Waals surface area contributed by atoms with Crippen molar-refractivity contribution in [2.24, 2.45) is 0 Å². The van der Waals surface area contributed by atoms with Gasteiger partial charge >= 0.3 is 0 Å². The molecule has 1 rings (SSSR count). The molecular formula is C8H12ClN3OS. The molecule has 0 bridgehead atoms. The lowest BCUT2D eigenvalue weighted by atomic mass is 10.3. The molecule has 78 valence electrons. The van der Waals surface area contributed by atoms with E-state index < -0.39 is 0 Å². The molecule has 0 radical (unpaired) electrons. The number of hydrogen-bond acceptors (Lipinski definition) is 4. The minimum absolute atomic E-state index is 0.0428. The van der Waals surface area contributed by atoms with Crippen molar-refractivity contribution in [2.45, 2.75) is 19.9 Å². The van der Waals surface area contributed by atoms with Crippen molar-refractivity contribution in [3.63, 3.8) is 0 Å². The molecule has 0 aliphatic carbocycles. The van der Waals surface area contributed by atoms with E-state index in [9.17, 15) is 4.79 Å². The van der Waals surface area contributed by atoms with Gasteiger partial charge in [0.2, 0.25) is 5.91 Å². The Morgan fingerprint density at radius 3 is 3.00 bits per heavy atom. The van der Waals surface area contributed by atoms with Crippen molar-refractivity contribution in [3.8, 4) is 0 Å². The molecule has 0 saturated carbocycles. The van der Waals surface area contributed by atoms with E-state index in [0.717, 1.165) is 0 Å². The number of aromatic nitrogens is 1. The molecule has 1 atom stereocenters. The molecule has 4 nitrogen and oxygen atoms in total. The summed E-state index contributed by atoms with van der Waals surface area (Å²) < 4.78 is 0. The fourth-order valence-corrected chi connectivity index (χ4v) is 1.82.